The van der Waals surface area contributed by atoms with Crippen LogP contribution in [0.3, 0.4) is 0 Å². The second-order valence-corrected chi connectivity index (χ2v) is 6.51. The van der Waals surface area contributed by atoms with Crippen molar-refractivity contribution in [1.82, 2.24) is 24.7 Å². The summed E-state index contributed by atoms with van der Waals surface area (Å²) in [5.41, 5.74) is 0. The van der Waals surface area contributed by atoms with Gasteiger partial charge >= 0.3 is 6.03 Å². The van der Waals surface area contributed by atoms with E-state index in [0.717, 1.165) is 58.3 Å². The largest absolute Gasteiger partial charge is 0.378 e. The Balaban J connectivity index is 1.23. The number of rotatable bonds is 2. The van der Waals surface area contributed by atoms with E-state index in [0.29, 0.717) is 19.3 Å². The number of carbonyl (C=O) groups excluding carboxylic acids is 1. The molecule has 24 heavy (non-hydrogen) atoms. The molecule has 3 fully saturated rings. The molecular formula is C16H24N6O2. The van der Waals surface area contributed by atoms with Crippen LogP contribution in [0.4, 0.5) is 10.7 Å². The summed E-state index contributed by atoms with van der Waals surface area (Å²) < 4.78 is 5.31. The molecule has 8 nitrogen and oxygen atoms in total. The Kier molecular flexibility index (Phi) is 4.48. The molecule has 0 spiro atoms. The number of anilines is 1. The fourth-order valence-corrected chi connectivity index (χ4v) is 3.54. The zero-order valence-corrected chi connectivity index (χ0v) is 13.9. The highest BCUT2D eigenvalue weighted by Gasteiger charge is 2.38. The number of hydrogen-bond donors (Lipinski definition) is 0. The maximum absolute atomic E-state index is 12.4. The highest BCUT2D eigenvalue weighted by molar-refractivity contribution is 5.75. The lowest BCUT2D eigenvalue weighted by Crippen LogP contribution is -2.66. The number of nitrogens with zero attached hydrogens (tertiary/aromatic N) is 6. The monoisotopic (exact) mass is 332 g/mol. The minimum Gasteiger partial charge on any atom is -0.378 e. The summed E-state index contributed by atoms with van der Waals surface area (Å²) >= 11 is 0. The summed E-state index contributed by atoms with van der Waals surface area (Å²) in [7, 11) is 0. The highest BCUT2D eigenvalue weighted by atomic mass is 16.5. The van der Waals surface area contributed by atoms with Crippen molar-refractivity contribution in [2.75, 3.05) is 70.5 Å². The number of amides is 2. The average Bonchev–Trinajstić information content (AvgIpc) is 2.62. The molecule has 8 heteroatoms. The zero-order chi connectivity index (χ0) is 16.4. The lowest BCUT2D eigenvalue weighted by atomic mass is 10.1. The molecule has 0 N–H and O–H groups in total. The van der Waals surface area contributed by atoms with Crippen molar-refractivity contribution in [3.63, 3.8) is 0 Å². The SMILES string of the molecule is O=C(N1CCOCC1)N1CC(N2CCN(c3ncccn3)CC2)C1. The van der Waals surface area contributed by atoms with E-state index < -0.39 is 0 Å². The second kappa shape index (κ2) is 6.90. The van der Waals surface area contributed by atoms with Crippen LogP contribution >= 0.6 is 0 Å². The van der Waals surface area contributed by atoms with Crippen LogP contribution in [-0.2, 0) is 4.74 Å². The minimum absolute atomic E-state index is 0.172. The quantitative estimate of drug-likeness (QED) is 0.743. The molecule has 4 rings (SSSR count). The number of piperazine rings is 1. The molecule has 130 valence electrons. The summed E-state index contributed by atoms with van der Waals surface area (Å²) in [4.78, 5) is 29.6. The fraction of sp³-hybridized carbons (Fsp3) is 0.688. The number of morpholine rings is 1. The summed E-state index contributed by atoms with van der Waals surface area (Å²) in [6, 6.07) is 2.51. The Morgan fingerprint density at radius 1 is 0.958 bits per heavy atom. The van der Waals surface area contributed by atoms with Gasteiger partial charge in [-0.15, -0.1) is 0 Å². The van der Waals surface area contributed by atoms with Gasteiger partial charge in [0.2, 0.25) is 5.95 Å². The highest BCUT2D eigenvalue weighted by Crippen LogP contribution is 2.20. The third-order valence-electron chi connectivity index (χ3n) is 5.08. The van der Waals surface area contributed by atoms with Gasteiger partial charge < -0.3 is 19.4 Å². The second-order valence-electron chi connectivity index (χ2n) is 6.51. The first kappa shape index (κ1) is 15.6. The zero-order valence-electron chi connectivity index (χ0n) is 13.9. The third-order valence-corrected chi connectivity index (χ3v) is 5.08. The Bertz CT molecular complexity index is 551. The molecule has 0 aliphatic carbocycles. The number of urea groups is 1. The third kappa shape index (κ3) is 3.16. The summed E-state index contributed by atoms with van der Waals surface area (Å²) in [6.45, 7) is 8.33. The van der Waals surface area contributed by atoms with Crippen molar-refractivity contribution in [3.8, 4) is 0 Å². The average molecular weight is 332 g/mol. The Hall–Kier alpha value is -1.93. The van der Waals surface area contributed by atoms with E-state index in [2.05, 4.69) is 19.8 Å². The molecule has 0 aromatic carbocycles. The Morgan fingerprint density at radius 2 is 1.62 bits per heavy atom. The molecule has 1 aromatic rings. The van der Waals surface area contributed by atoms with E-state index in [-0.39, 0.29) is 6.03 Å². The van der Waals surface area contributed by atoms with E-state index in [4.69, 9.17) is 4.74 Å². The normalized spacial score (nSPS) is 23.2. The number of ether oxygens (including phenoxy) is 1. The summed E-state index contributed by atoms with van der Waals surface area (Å²) in [5, 5.41) is 0. The summed E-state index contributed by atoms with van der Waals surface area (Å²) in [5.74, 6) is 0.815. The number of carbonyl (C=O) groups is 1. The number of aromatic nitrogens is 2. The van der Waals surface area contributed by atoms with Gasteiger partial charge in [-0.2, -0.15) is 0 Å². The number of likely N-dealkylation sites (tertiary alicyclic amines) is 1. The van der Waals surface area contributed by atoms with Crippen LogP contribution in [0.1, 0.15) is 0 Å². The molecule has 4 heterocycles. The van der Waals surface area contributed by atoms with Gasteiger partial charge in [0, 0.05) is 70.8 Å². The van der Waals surface area contributed by atoms with E-state index in [1.807, 2.05) is 15.9 Å². The first-order valence-electron chi connectivity index (χ1n) is 8.69. The maximum Gasteiger partial charge on any atom is 0.320 e. The molecule has 0 bridgehead atoms. The maximum atomic E-state index is 12.4. The van der Waals surface area contributed by atoms with Crippen molar-refractivity contribution in [2.24, 2.45) is 0 Å². The van der Waals surface area contributed by atoms with Crippen molar-refractivity contribution >= 4 is 12.0 Å². The lowest BCUT2D eigenvalue weighted by Gasteiger charge is -2.49. The van der Waals surface area contributed by atoms with Gasteiger partial charge in [-0.1, -0.05) is 0 Å². The van der Waals surface area contributed by atoms with Gasteiger partial charge in [-0.05, 0) is 6.07 Å². The van der Waals surface area contributed by atoms with Gasteiger partial charge in [-0.25, -0.2) is 14.8 Å². The molecule has 3 aliphatic rings. The van der Waals surface area contributed by atoms with Crippen LogP contribution in [0, 0.1) is 0 Å². The molecule has 0 atom stereocenters. The molecular weight excluding hydrogens is 308 g/mol. The molecule has 0 radical (unpaired) electrons. The summed E-state index contributed by atoms with van der Waals surface area (Å²) in [6.07, 6.45) is 3.57. The fourth-order valence-electron chi connectivity index (χ4n) is 3.54. The minimum atomic E-state index is 0.172. The van der Waals surface area contributed by atoms with Crippen LogP contribution in [0.5, 0.6) is 0 Å². The van der Waals surface area contributed by atoms with E-state index in [1.54, 1.807) is 12.4 Å². The van der Waals surface area contributed by atoms with Crippen molar-refractivity contribution in [2.45, 2.75) is 6.04 Å². The Labute approximate surface area is 142 Å². The standard InChI is InChI=1S/C16H24N6O2/c23-16(21-8-10-24-11-9-21)22-12-14(13-22)19-4-6-20(7-5-19)15-17-2-1-3-18-15/h1-3,14H,4-13H2. The van der Waals surface area contributed by atoms with Crippen molar-refractivity contribution in [1.29, 1.82) is 0 Å². The lowest BCUT2D eigenvalue weighted by molar-refractivity contribution is 0.0128. The number of hydrogen-bond acceptors (Lipinski definition) is 6. The molecule has 3 saturated heterocycles. The molecule has 0 unspecified atom stereocenters. The van der Waals surface area contributed by atoms with Crippen LogP contribution < -0.4 is 4.90 Å². The molecule has 0 saturated carbocycles. The van der Waals surface area contributed by atoms with E-state index in [1.165, 1.54) is 0 Å². The predicted octanol–water partition coefficient (Wildman–Crippen LogP) is -0.265. The van der Waals surface area contributed by atoms with Crippen LogP contribution in [0.2, 0.25) is 0 Å². The van der Waals surface area contributed by atoms with Gasteiger partial charge in [0.1, 0.15) is 0 Å². The van der Waals surface area contributed by atoms with Crippen LogP contribution in [0.25, 0.3) is 0 Å². The van der Waals surface area contributed by atoms with Gasteiger partial charge in [-0.3, -0.25) is 4.90 Å². The predicted molar refractivity (Wildman–Crippen MR) is 89.0 cm³/mol. The van der Waals surface area contributed by atoms with Gasteiger partial charge in [0.15, 0.2) is 0 Å². The molecule has 2 amide bonds. The van der Waals surface area contributed by atoms with Crippen LogP contribution in [-0.4, -0.2) is 102 Å². The first-order chi connectivity index (χ1) is 11.8. The van der Waals surface area contributed by atoms with Crippen molar-refractivity contribution in [3.05, 3.63) is 18.5 Å². The molecule has 1 aromatic heterocycles. The first-order valence-corrected chi connectivity index (χ1v) is 8.69. The van der Waals surface area contributed by atoms with E-state index >= 15 is 0 Å². The van der Waals surface area contributed by atoms with Crippen LogP contribution in [0.15, 0.2) is 18.5 Å². The van der Waals surface area contributed by atoms with Gasteiger partial charge in [0.05, 0.1) is 13.2 Å². The van der Waals surface area contributed by atoms with Gasteiger partial charge in [0.25, 0.3) is 0 Å². The van der Waals surface area contributed by atoms with E-state index in [9.17, 15) is 4.79 Å². The molecule has 3 aliphatic heterocycles. The Morgan fingerprint density at radius 3 is 2.29 bits per heavy atom. The topological polar surface area (TPSA) is 65.0 Å². The smallest absolute Gasteiger partial charge is 0.320 e. The van der Waals surface area contributed by atoms with Crippen molar-refractivity contribution < 1.29 is 9.53 Å².